The molecule has 0 unspecified atom stereocenters. The van der Waals surface area contributed by atoms with Gasteiger partial charge in [-0.3, -0.25) is 4.79 Å². The molecule has 98 valence electrons. The Kier molecular flexibility index (Phi) is 3.97. The second-order valence-corrected chi connectivity index (χ2v) is 3.98. The maximum absolute atomic E-state index is 11.9. The number of rotatable bonds is 4. The van der Waals surface area contributed by atoms with Gasteiger partial charge in [0, 0.05) is 12.4 Å². The molecule has 0 saturated heterocycles. The van der Waals surface area contributed by atoms with Gasteiger partial charge >= 0.3 is 5.97 Å². The third-order valence-electron chi connectivity index (χ3n) is 2.63. The molecule has 0 bridgehead atoms. The van der Waals surface area contributed by atoms with Gasteiger partial charge in [-0.2, -0.15) is 0 Å². The minimum absolute atomic E-state index is 0.184. The van der Waals surface area contributed by atoms with E-state index in [-0.39, 0.29) is 12.3 Å². The van der Waals surface area contributed by atoms with Crippen LogP contribution in [0.5, 0.6) is 0 Å². The van der Waals surface area contributed by atoms with Crippen molar-refractivity contribution in [1.29, 1.82) is 0 Å². The molecule has 0 atom stereocenters. The molecule has 0 saturated carbocycles. The molecular formula is C14H14N2O3. The standard InChI is InChI=1S/C14H14N2O3/c1-19-14(18)11-4-2-3-5-12(11)16-13(17)8-10-6-7-15-9-10/h2-7,9,15H,8H2,1H3,(H,16,17). The normalized spacial score (nSPS) is 9.95. The summed E-state index contributed by atoms with van der Waals surface area (Å²) in [7, 11) is 1.31. The highest BCUT2D eigenvalue weighted by atomic mass is 16.5. The van der Waals surface area contributed by atoms with Crippen LogP contribution in [0.4, 0.5) is 5.69 Å². The first-order valence-corrected chi connectivity index (χ1v) is 5.79. The Balaban J connectivity index is 2.10. The van der Waals surface area contributed by atoms with Crippen molar-refractivity contribution in [2.45, 2.75) is 6.42 Å². The van der Waals surface area contributed by atoms with Gasteiger partial charge in [-0.1, -0.05) is 12.1 Å². The summed E-state index contributed by atoms with van der Waals surface area (Å²) in [5.74, 6) is -0.659. The monoisotopic (exact) mass is 258 g/mol. The van der Waals surface area contributed by atoms with Gasteiger partial charge in [-0.15, -0.1) is 0 Å². The van der Waals surface area contributed by atoms with Crippen LogP contribution in [0.15, 0.2) is 42.7 Å². The van der Waals surface area contributed by atoms with E-state index >= 15 is 0 Å². The zero-order valence-corrected chi connectivity index (χ0v) is 10.5. The van der Waals surface area contributed by atoms with Crippen molar-refractivity contribution < 1.29 is 14.3 Å². The number of nitrogens with one attached hydrogen (secondary N) is 2. The van der Waals surface area contributed by atoms with E-state index in [1.807, 2.05) is 6.07 Å². The molecule has 0 aliphatic carbocycles. The van der Waals surface area contributed by atoms with Gasteiger partial charge in [-0.05, 0) is 23.8 Å². The number of hydrogen-bond acceptors (Lipinski definition) is 3. The molecular weight excluding hydrogens is 244 g/mol. The predicted octanol–water partition coefficient (Wildman–Crippen LogP) is 1.98. The van der Waals surface area contributed by atoms with Gasteiger partial charge in [0.05, 0.1) is 24.8 Å². The summed E-state index contributed by atoms with van der Waals surface area (Å²) in [5.41, 5.74) is 1.68. The summed E-state index contributed by atoms with van der Waals surface area (Å²) in [4.78, 5) is 26.3. The Morgan fingerprint density at radius 1 is 1.26 bits per heavy atom. The summed E-state index contributed by atoms with van der Waals surface area (Å²) in [5, 5.41) is 2.71. The van der Waals surface area contributed by atoms with Crippen LogP contribution in [0.2, 0.25) is 0 Å². The molecule has 2 rings (SSSR count). The average molecular weight is 258 g/mol. The smallest absolute Gasteiger partial charge is 0.339 e. The van der Waals surface area contributed by atoms with Crippen LogP contribution in [0, 0.1) is 0 Å². The lowest BCUT2D eigenvalue weighted by Crippen LogP contribution is -2.16. The molecule has 0 fully saturated rings. The number of methoxy groups -OCH3 is 1. The maximum Gasteiger partial charge on any atom is 0.339 e. The average Bonchev–Trinajstić information content (AvgIpc) is 2.91. The Bertz CT molecular complexity index is 576. The van der Waals surface area contributed by atoms with E-state index in [9.17, 15) is 9.59 Å². The maximum atomic E-state index is 11.9. The second-order valence-electron chi connectivity index (χ2n) is 3.98. The molecule has 0 aliphatic rings. The number of carbonyl (C=O) groups excluding carboxylic acids is 2. The number of benzene rings is 1. The van der Waals surface area contributed by atoms with E-state index in [2.05, 4.69) is 15.0 Å². The minimum atomic E-state index is -0.474. The number of anilines is 1. The Morgan fingerprint density at radius 3 is 2.74 bits per heavy atom. The zero-order chi connectivity index (χ0) is 13.7. The number of aromatic amines is 1. The van der Waals surface area contributed by atoms with Crippen molar-refractivity contribution in [3.8, 4) is 0 Å². The lowest BCUT2D eigenvalue weighted by Gasteiger charge is -2.09. The molecule has 0 radical (unpaired) electrons. The summed E-state index contributed by atoms with van der Waals surface area (Å²) >= 11 is 0. The molecule has 1 aromatic carbocycles. The molecule has 5 nitrogen and oxygen atoms in total. The number of hydrogen-bond donors (Lipinski definition) is 2. The third-order valence-corrected chi connectivity index (χ3v) is 2.63. The SMILES string of the molecule is COC(=O)c1ccccc1NC(=O)Cc1cc[nH]c1. The fourth-order valence-corrected chi connectivity index (χ4v) is 1.73. The number of ether oxygens (including phenoxy) is 1. The number of carbonyl (C=O) groups is 2. The van der Waals surface area contributed by atoms with Crippen molar-refractivity contribution in [3.05, 3.63) is 53.9 Å². The fraction of sp³-hybridized carbons (Fsp3) is 0.143. The lowest BCUT2D eigenvalue weighted by molar-refractivity contribution is -0.115. The lowest BCUT2D eigenvalue weighted by atomic mass is 10.1. The van der Waals surface area contributed by atoms with Crippen LogP contribution in [0.25, 0.3) is 0 Å². The number of para-hydroxylation sites is 1. The van der Waals surface area contributed by atoms with Gasteiger partial charge in [0.25, 0.3) is 0 Å². The van der Waals surface area contributed by atoms with Crippen LogP contribution in [-0.4, -0.2) is 24.0 Å². The highest BCUT2D eigenvalue weighted by molar-refractivity contribution is 6.01. The minimum Gasteiger partial charge on any atom is -0.465 e. The van der Waals surface area contributed by atoms with Crippen LogP contribution < -0.4 is 5.32 Å². The molecule has 0 spiro atoms. The fourth-order valence-electron chi connectivity index (χ4n) is 1.73. The van der Waals surface area contributed by atoms with Crippen molar-refractivity contribution in [2.75, 3.05) is 12.4 Å². The highest BCUT2D eigenvalue weighted by Gasteiger charge is 2.13. The molecule has 1 amide bonds. The van der Waals surface area contributed by atoms with Gasteiger partial charge in [0.15, 0.2) is 0 Å². The van der Waals surface area contributed by atoms with Crippen LogP contribution in [0.1, 0.15) is 15.9 Å². The van der Waals surface area contributed by atoms with E-state index in [0.717, 1.165) is 5.56 Å². The largest absolute Gasteiger partial charge is 0.465 e. The van der Waals surface area contributed by atoms with Crippen molar-refractivity contribution >= 4 is 17.6 Å². The Hall–Kier alpha value is -2.56. The van der Waals surface area contributed by atoms with Crippen molar-refractivity contribution in [2.24, 2.45) is 0 Å². The molecule has 1 aromatic heterocycles. The molecule has 5 heteroatoms. The summed E-state index contributed by atoms with van der Waals surface area (Å²) in [6.07, 6.45) is 3.76. The third kappa shape index (κ3) is 3.22. The molecule has 1 heterocycles. The Morgan fingerprint density at radius 2 is 2.05 bits per heavy atom. The number of H-pyrrole nitrogens is 1. The van der Waals surface area contributed by atoms with Crippen LogP contribution in [-0.2, 0) is 16.0 Å². The summed E-state index contributed by atoms with van der Waals surface area (Å²) in [6, 6.07) is 8.57. The van der Waals surface area contributed by atoms with Gasteiger partial charge < -0.3 is 15.0 Å². The second kappa shape index (κ2) is 5.86. The highest BCUT2D eigenvalue weighted by Crippen LogP contribution is 2.16. The van der Waals surface area contributed by atoms with E-state index in [4.69, 9.17) is 0 Å². The first kappa shape index (κ1) is 12.9. The van der Waals surface area contributed by atoms with E-state index in [1.54, 1.807) is 36.7 Å². The van der Waals surface area contributed by atoms with Crippen molar-refractivity contribution in [1.82, 2.24) is 4.98 Å². The number of aromatic nitrogens is 1. The van der Waals surface area contributed by atoms with Crippen LogP contribution >= 0.6 is 0 Å². The van der Waals surface area contributed by atoms with E-state index < -0.39 is 5.97 Å². The van der Waals surface area contributed by atoms with Crippen LogP contribution in [0.3, 0.4) is 0 Å². The Labute approximate surface area is 110 Å². The number of esters is 1. The molecule has 19 heavy (non-hydrogen) atoms. The van der Waals surface area contributed by atoms with Gasteiger partial charge in [0.2, 0.25) is 5.91 Å². The first-order chi connectivity index (χ1) is 9.20. The topological polar surface area (TPSA) is 71.2 Å². The number of amides is 1. The van der Waals surface area contributed by atoms with Gasteiger partial charge in [-0.25, -0.2) is 4.79 Å². The van der Waals surface area contributed by atoms with Crippen molar-refractivity contribution in [3.63, 3.8) is 0 Å². The molecule has 2 aromatic rings. The van der Waals surface area contributed by atoms with E-state index in [0.29, 0.717) is 11.3 Å². The van der Waals surface area contributed by atoms with Gasteiger partial charge in [0.1, 0.15) is 0 Å². The van der Waals surface area contributed by atoms with E-state index in [1.165, 1.54) is 7.11 Å². The molecule has 0 aliphatic heterocycles. The zero-order valence-electron chi connectivity index (χ0n) is 10.5. The molecule has 2 N–H and O–H groups in total. The summed E-state index contributed by atoms with van der Waals surface area (Å²) in [6.45, 7) is 0. The predicted molar refractivity (Wildman–Crippen MR) is 70.9 cm³/mol. The first-order valence-electron chi connectivity index (χ1n) is 5.79. The quantitative estimate of drug-likeness (QED) is 0.824. The summed E-state index contributed by atoms with van der Waals surface area (Å²) < 4.78 is 4.67.